The molecule has 0 aromatic heterocycles. The molecule has 8 N–H and O–H groups in total. The molecule has 1 unspecified atom stereocenters. The second-order valence-corrected chi connectivity index (χ2v) is 8.14. The Hall–Kier alpha value is -2.89. The van der Waals surface area contributed by atoms with Crippen LogP contribution >= 0.6 is 0 Å². The van der Waals surface area contributed by atoms with Gasteiger partial charge in [0.05, 0.1) is 26.2 Å². The van der Waals surface area contributed by atoms with Crippen LogP contribution in [0.2, 0.25) is 0 Å². The number of hydrogen-bond acceptors (Lipinski definition) is 11. The highest BCUT2D eigenvalue weighted by Crippen LogP contribution is 2.01. The Morgan fingerprint density at radius 3 is 0.889 bits per heavy atom. The molecule has 1 heterocycles. The van der Waals surface area contributed by atoms with Gasteiger partial charge in [-0.3, -0.25) is 43.6 Å². The van der Waals surface area contributed by atoms with E-state index in [4.69, 9.17) is 36.4 Å². The molecule has 0 saturated carbocycles. The van der Waals surface area contributed by atoms with Crippen LogP contribution < -0.4 is 5.73 Å². The molecule has 0 spiro atoms. The van der Waals surface area contributed by atoms with Crippen molar-refractivity contribution in [1.82, 2.24) is 19.6 Å². The van der Waals surface area contributed by atoms with E-state index in [0.29, 0.717) is 52.4 Å². The van der Waals surface area contributed by atoms with Crippen molar-refractivity contribution in [3.05, 3.63) is 0 Å². The first-order valence-corrected chi connectivity index (χ1v) is 11.2. The van der Waals surface area contributed by atoms with Gasteiger partial charge >= 0.3 is 29.8 Å². The normalized spacial score (nSPS) is 18.1. The number of rotatable bonds is 11. The second-order valence-electron chi connectivity index (χ2n) is 8.14. The van der Waals surface area contributed by atoms with Crippen LogP contribution in [0.25, 0.3) is 0 Å². The van der Waals surface area contributed by atoms with E-state index in [-0.39, 0.29) is 39.2 Å². The van der Waals surface area contributed by atoms with Crippen molar-refractivity contribution in [2.75, 3.05) is 85.1 Å². The summed E-state index contributed by atoms with van der Waals surface area (Å²) >= 11 is 0. The lowest BCUT2D eigenvalue weighted by Crippen LogP contribution is -2.49. The Morgan fingerprint density at radius 1 is 0.556 bits per heavy atom. The molecule has 36 heavy (non-hydrogen) atoms. The Kier molecular flexibility index (Phi) is 16.9. The molecular formula is C20H37N5O11. The number of aliphatic carboxylic acids is 5. The fraction of sp³-hybridized carbons (Fsp3) is 0.750. The molecule has 1 rings (SSSR count). The summed E-state index contributed by atoms with van der Waals surface area (Å²) < 4.78 is 0. The highest BCUT2D eigenvalue weighted by atomic mass is 16.4. The minimum atomic E-state index is -1.07. The predicted molar refractivity (Wildman–Crippen MR) is 124 cm³/mol. The number of nitrogens with zero attached hydrogens (tertiary/aromatic N) is 4. The number of nitrogens with two attached hydrogens (primary N) is 1. The minimum Gasteiger partial charge on any atom is -0.480 e. The molecule has 0 bridgehead atoms. The number of aliphatic hydroxyl groups excluding tert-OH is 1. The summed E-state index contributed by atoms with van der Waals surface area (Å²) in [5, 5.41) is 52.5. The smallest absolute Gasteiger partial charge is 0.320 e. The zero-order valence-corrected chi connectivity index (χ0v) is 20.1. The molecule has 0 aromatic rings. The number of carboxylic acid groups (broad SMARTS) is 5. The molecule has 0 amide bonds. The molecule has 1 atom stereocenters. The second kappa shape index (κ2) is 18.4. The Labute approximate surface area is 208 Å². The number of carboxylic acids is 5. The van der Waals surface area contributed by atoms with Gasteiger partial charge in [-0.1, -0.05) is 0 Å². The molecule has 0 radical (unpaired) electrons. The standard InChI is InChI=1S/C16H28N4O8.C4H9NO3/c21-13(22)9-17-1-2-18(10-14(23)24)5-6-20(12-16(27)28)8-7-19(4-3-17)11-15(25)26;5-3(1-2-6)4(7)8/h1-12H2,(H,21,22)(H,23,24)(H,25,26)(H,27,28);3,6H,1-2,5H2,(H,7,8). The van der Waals surface area contributed by atoms with E-state index in [1.807, 2.05) is 0 Å². The van der Waals surface area contributed by atoms with Crippen molar-refractivity contribution in [2.45, 2.75) is 12.5 Å². The average molecular weight is 524 g/mol. The van der Waals surface area contributed by atoms with Gasteiger partial charge in [0.1, 0.15) is 6.04 Å². The lowest BCUT2D eigenvalue weighted by atomic mass is 10.2. The zero-order chi connectivity index (χ0) is 27.7. The summed E-state index contributed by atoms with van der Waals surface area (Å²) in [5.41, 5.74) is 4.97. The SMILES string of the molecule is NC(CCO)C(=O)O.O=C(O)CN1CCN(CC(=O)O)CCN(CC(=O)O)CCN(CC(=O)O)CC1. The summed E-state index contributed by atoms with van der Waals surface area (Å²) in [5.74, 6) is -5.15. The summed E-state index contributed by atoms with van der Waals surface area (Å²) in [4.78, 5) is 60.8. The maximum Gasteiger partial charge on any atom is 0.320 e. The Bertz CT molecular complexity index is 612. The van der Waals surface area contributed by atoms with Gasteiger partial charge in [0.25, 0.3) is 0 Å². The van der Waals surface area contributed by atoms with Gasteiger partial charge in [0.15, 0.2) is 0 Å². The first-order chi connectivity index (χ1) is 16.8. The van der Waals surface area contributed by atoms with Crippen molar-refractivity contribution >= 4 is 29.8 Å². The van der Waals surface area contributed by atoms with Gasteiger partial charge in [0, 0.05) is 59.0 Å². The summed E-state index contributed by atoms with van der Waals surface area (Å²) in [6.45, 7) is 1.35. The van der Waals surface area contributed by atoms with E-state index in [1.165, 1.54) is 0 Å². The molecule has 1 fully saturated rings. The highest BCUT2D eigenvalue weighted by Gasteiger charge is 2.20. The van der Waals surface area contributed by atoms with Crippen LogP contribution in [0, 0.1) is 0 Å². The van der Waals surface area contributed by atoms with E-state index in [9.17, 15) is 24.0 Å². The van der Waals surface area contributed by atoms with Crippen molar-refractivity contribution < 1.29 is 54.6 Å². The number of hydrogen-bond donors (Lipinski definition) is 7. The van der Waals surface area contributed by atoms with E-state index < -0.39 is 35.9 Å². The van der Waals surface area contributed by atoms with Crippen LogP contribution in [-0.4, -0.2) is 171 Å². The van der Waals surface area contributed by atoms with Gasteiger partial charge in [-0.25, -0.2) is 0 Å². The zero-order valence-electron chi connectivity index (χ0n) is 20.1. The summed E-state index contributed by atoms with van der Waals surface area (Å²) in [6.07, 6.45) is 0.120. The third-order valence-electron chi connectivity index (χ3n) is 5.12. The van der Waals surface area contributed by atoms with Gasteiger partial charge < -0.3 is 36.4 Å². The maximum absolute atomic E-state index is 11.1. The predicted octanol–water partition coefficient (Wildman–Crippen LogP) is -3.67. The van der Waals surface area contributed by atoms with Gasteiger partial charge in [0.2, 0.25) is 0 Å². The number of aliphatic hydroxyl groups is 1. The topological polar surface area (TPSA) is 246 Å². The molecule has 208 valence electrons. The average Bonchev–Trinajstić information content (AvgIpc) is 2.74. The van der Waals surface area contributed by atoms with Crippen LogP contribution in [0.15, 0.2) is 0 Å². The number of carbonyl (C=O) groups is 5. The lowest BCUT2D eigenvalue weighted by Gasteiger charge is -2.32. The third kappa shape index (κ3) is 17.5. The molecular weight excluding hydrogens is 486 g/mol. The minimum absolute atomic E-state index is 0.120. The summed E-state index contributed by atoms with van der Waals surface area (Å²) in [7, 11) is 0. The fourth-order valence-electron chi connectivity index (χ4n) is 3.24. The van der Waals surface area contributed by atoms with Crippen molar-refractivity contribution in [1.29, 1.82) is 0 Å². The van der Waals surface area contributed by atoms with Gasteiger partial charge in [-0.2, -0.15) is 0 Å². The molecule has 16 heteroatoms. The van der Waals surface area contributed by atoms with Crippen LogP contribution in [0.1, 0.15) is 6.42 Å². The summed E-state index contributed by atoms with van der Waals surface area (Å²) in [6, 6.07) is -0.917. The van der Waals surface area contributed by atoms with Crippen molar-refractivity contribution in [2.24, 2.45) is 5.73 Å². The van der Waals surface area contributed by atoms with Crippen LogP contribution in [0.5, 0.6) is 0 Å². The quantitative estimate of drug-likeness (QED) is 0.138. The Morgan fingerprint density at radius 2 is 0.778 bits per heavy atom. The van der Waals surface area contributed by atoms with Crippen LogP contribution in [0.4, 0.5) is 0 Å². The third-order valence-corrected chi connectivity index (χ3v) is 5.12. The molecule has 1 aliphatic rings. The molecule has 16 nitrogen and oxygen atoms in total. The van der Waals surface area contributed by atoms with Crippen molar-refractivity contribution in [3.8, 4) is 0 Å². The highest BCUT2D eigenvalue weighted by molar-refractivity contribution is 5.73. The first kappa shape index (κ1) is 33.1. The molecule has 0 aromatic carbocycles. The molecule has 1 saturated heterocycles. The lowest BCUT2D eigenvalue weighted by molar-refractivity contribution is -0.141. The first-order valence-electron chi connectivity index (χ1n) is 11.2. The van der Waals surface area contributed by atoms with Crippen LogP contribution in [-0.2, 0) is 24.0 Å². The van der Waals surface area contributed by atoms with E-state index in [0.717, 1.165) is 0 Å². The largest absolute Gasteiger partial charge is 0.480 e. The van der Waals surface area contributed by atoms with E-state index >= 15 is 0 Å². The Balaban J connectivity index is 0.00000131. The van der Waals surface area contributed by atoms with Crippen molar-refractivity contribution in [3.63, 3.8) is 0 Å². The maximum atomic E-state index is 11.1. The van der Waals surface area contributed by atoms with E-state index in [2.05, 4.69) is 0 Å². The molecule has 0 aliphatic carbocycles. The van der Waals surface area contributed by atoms with Gasteiger partial charge in [-0.15, -0.1) is 0 Å². The molecule has 1 aliphatic heterocycles. The van der Waals surface area contributed by atoms with Gasteiger partial charge in [-0.05, 0) is 6.42 Å². The van der Waals surface area contributed by atoms with Crippen LogP contribution in [0.3, 0.4) is 0 Å². The van der Waals surface area contributed by atoms with E-state index in [1.54, 1.807) is 19.6 Å². The monoisotopic (exact) mass is 523 g/mol. The fourth-order valence-corrected chi connectivity index (χ4v) is 3.24.